The number of aromatic hydroxyl groups is 1. The summed E-state index contributed by atoms with van der Waals surface area (Å²) < 4.78 is 6.05. The van der Waals surface area contributed by atoms with E-state index in [0.29, 0.717) is 59.4 Å². The van der Waals surface area contributed by atoms with Crippen molar-refractivity contribution in [2.45, 2.75) is 109 Å². The topological polar surface area (TPSA) is 63.6 Å². The molecule has 4 saturated carbocycles. The monoisotopic (exact) mass is 630 g/mol. The van der Waals surface area contributed by atoms with Crippen LogP contribution in [-0.4, -0.2) is 16.7 Å². The lowest BCUT2D eigenvalue weighted by Gasteiger charge is -2.48. The van der Waals surface area contributed by atoms with Crippen molar-refractivity contribution in [2.75, 3.05) is 0 Å². The van der Waals surface area contributed by atoms with Crippen LogP contribution < -0.4 is 4.74 Å². The van der Waals surface area contributed by atoms with Crippen LogP contribution in [0.3, 0.4) is 0 Å². The van der Waals surface area contributed by atoms with Gasteiger partial charge in [0.25, 0.3) is 0 Å². The zero-order valence-corrected chi connectivity index (χ0v) is 28.2. The molecule has 0 bridgehead atoms. The van der Waals surface area contributed by atoms with Crippen molar-refractivity contribution in [1.29, 1.82) is 0 Å². The van der Waals surface area contributed by atoms with Crippen LogP contribution >= 0.6 is 0 Å². The first-order valence-corrected chi connectivity index (χ1v) is 18.4. The van der Waals surface area contributed by atoms with E-state index in [4.69, 9.17) is 4.74 Å². The Morgan fingerprint density at radius 1 is 0.660 bits per heavy atom. The van der Waals surface area contributed by atoms with Crippen LogP contribution in [0.5, 0.6) is 11.5 Å². The van der Waals surface area contributed by atoms with Crippen LogP contribution in [0.1, 0.15) is 118 Å². The molecule has 0 radical (unpaired) electrons. The largest absolute Gasteiger partial charge is 0.508 e. The number of benzene rings is 3. The summed E-state index contributed by atoms with van der Waals surface area (Å²) in [6, 6.07) is 23.0. The molecule has 4 nitrogen and oxygen atoms in total. The van der Waals surface area contributed by atoms with Gasteiger partial charge in [-0.25, -0.2) is 0 Å². The Balaban J connectivity index is 0.000000144. The average molecular weight is 631 g/mol. The van der Waals surface area contributed by atoms with Crippen LogP contribution in [0.15, 0.2) is 66.7 Å². The standard InChI is InChI=1S/C25H28O2.C18H22O2/c1-25-14-13-21-20-10-8-19(27-16-17-5-3-2-4-6-17)15-18(20)7-9-22(21)23(25)11-12-24(25)26;1-18-9-8-14-13-5-3-12(19)10-11(13)2-4-15(14)16(18)6-7-17(18)20/h2-6,8,10,15,21-23H,7,9,11-14,16H2,1H3;3,5,10,14-16,19H,2,4,6-9H2,1H3/t21-,22-,23+,25+;14-,15-,16+,18+/m11/s1. The van der Waals surface area contributed by atoms with Gasteiger partial charge in [-0.15, -0.1) is 0 Å². The molecule has 6 aliphatic rings. The number of hydrogen-bond donors (Lipinski definition) is 1. The molecule has 0 unspecified atom stereocenters. The number of fused-ring (bicyclic) bond motifs is 10. The van der Waals surface area contributed by atoms with E-state index in [-0.39, 0.29) is 10.8 Å². The second-order valence-corrected chi connectivity index (χ2v) is 16.2. The van der Waals surface area contributed by atoms with Crippen molar-refractivity contribution in [3.05, 3.63) is 94.5 Å². The van der Waals surface area contributed by atoms with Gasteiger partial charge < -0.3 is 9.84 Å². The third-order valence-corrected chi connectivity index (χ3v) is 14.1. The van der Waals surface area contributed by atoms with Gasteiger partial charge in [-0.05, 0) is 152 Å². The first-order valence-electron chi connectivity index (χ1n) is 18.4. The lowest BCUT2D eigenvalue weighted by Crippen LogP contribution is -2.42. The van der Waals surface area contributed by atoms with Crippen LogP contribution in [0.25, 0.3) is 0 Å². The lowest BCUT2D eigenvalue weighted by molar-refractivity contribution is -0.130. The molecule has 0 saturated heterocycles. The molecule has 0 aliphatic heterocycles. The maximum absolute atomic E-state index is 12.5. The van der Waals surface area contributed by atoms with Gasteiger partial charge in [-0.3, -0.25) is 9.59 Å². The number of rotatable bonds is 3. The van der Waals surface area contributed by atoms with Gasteiger partial charge in [-0.1, -0.05) is 56.3 Å². The Labute approximate surface area is 280 Å². The first-order chi connectivity index (χ1) is 22.7. The molecular formula is C43H50O4. The molecule has 0 heterocycles. The Bertz CT molecular complexity index is 1680. The molecule has 0 aromatic heterocycles. The predicted molar refractivity (Wildman–Crippen MR) is 185 cm³/mol. The highest BCUT2D eigenvalue weighted by molar-refractivity contribution is 5.87. The van der Waals surface area contributed by atoms with Crippen molar-refractivity contribution < 1.29 is 19.4 Å². The van der Waals surface area contributed by atoms with Crippen molar-refractivity contribution in [3.63, 3.8) is 0 Å². The Kier molecular flexibility index (Phi) is 7.85. The van der Waals surface area contributed by atoms with Crippen molar-refractivity contribution >= 4 is 11.6 Å². The van der Waals surface area contributed by atoms with Crippen LogP contribution in [-0.2, 0) is 29.0 Å². The number of ether oxygens (including phenoxy) is 1. The number of phenolic OH excluding ortho intramolecular Hbond substituents is 1. The summed E-state index contributed by atoms with van der Waals surface area (Å²) in [5, 5.41) is 9.67. The molecule has 246 valence electrons. The summed E-state index contributed by atoms with van der Waals surface area (Å²) in [7, 11) is 0. The second-order valence-electron chi connectivity index (χ2n) is 16.2. The van der Waals surface area contributed by atoms with E-state index in [0.717, 1.165) is 63.5 Å². The Hall–Kier alpha value is -3.40. The molecule has 3 aromatic rings. The molecule has 0 spiro atoms. The van der Waals surface area contributed by atoms with E-state index in [1.165, 1.54) is 47.1 Å². The Morgan fingerprint density at radius 3 is 1.81 bits per heavy atom. The summed E-state index contributed by atoms with van der Waals surface area (Å²) >= 11 is 0. The highest BCUT2D eigenvalue weighted by Gasteiger charge is 2.55. The number of phenols is 1. The molecular weight excluding hydrogens is 580 g/mol. The fourth-order valence-electron chi connectivity index (χ4n) is 11.5. The van der Waals surface area contributed by atoms with Crippen LogP contribution in [0, 0.1) is 34.5 Å². The second kappa shape index (κ2) is 11.9. The summed E-state index contributed by atoms with van der Waals surface area (Å²) in [5.41, 5.74) is 6.91. The highest BCUT2D eigenvalue weighted by atomic mass is 16.5. The number of Topliss-reactive ketones (excluding diaryl/α,β-unsaturated/α-hetero) is 2. The summed E-state index contributed by atoms with van der Waals surface area (Å²) in [6.07, 6.45) is 12.9. The zero-order chi connectivity index (χ0) is 32.3. The molecule has 3 aromatic carbocycles. The summed E-state index contributed by atoms with van der Waals surface area (Å²) in [5.74, 6) is 6.23. The minimum Gasteiger partial charge on any atom is -0.508 e. The fraction of sp³-hybridized carbons (Fsp3) is 0.535. The van der Waals surface area contributed by atoms with E-state index < -0.39 is 0 Å². The third kappa shape index (κ3) is 5.25. The summed E-state index contributed by atoms with van der Waals surface area (Å²) in [4.78, 5) is 24.7. The molecule has 1 N–H and O–H groups in total. The molecule has 6 aliphatic carbocycles. The lowest BCUT2D eigenvalue weighted by atomic mass is 9.55. The van der Waals surface area contributed by atoms with Gasteiger partial charge in [0.15, 0.2) is 0 Å². The number of carbonyl (C=O) groups is 2. The number of aryl methyl sites for hydroxylation is 2. The highest BCUT2D eigenvalue weighted by Crippen LogP contribution is 2.61. The molecule has 0 amide bonds. The van der Waals surface area contributed by atoms with Gasteiger partial charge in [0, 0.05) is 23.7 Å². The van der Waals surface area contributed by atoms with Gasteiger partial charge in [0.05, 0.1) is 0 Å². The van der Waals surface area contributed by atoms with Crippen LogP contribution in [0.2, 0.25) is 0 Å². The molecule has 4 heteroatoms. The fourth-order valence-corrected chi connectivity index (χ4v) is 11.5. The van der Waals surface area contributed by atoms with E-state index >= 15 is 0 Å². The average Bonchev–Trinajstić information content (AvgIpc) is 3.57. The normalized spacial score (nSPS) is 34.9. The molecule has 8 atom stereocenters. The summed E-state index contributed by atoms with van der Waals surface area (Å²) in [6.45, 7) is 5.09. The maximum atomic E-state index is 12.5. The van der Waals surface area contributed by atoms with Gasteiger partial charge in [0.1, 0.15) is 29.7 Å². The third-order valence-electron chi connectivity index (χ3n) is 14.1. The smallest absolute Gasteiger partial charge is 0.139 e. The molecule has 4 fully saturated rings. The zero-order valence-electron chi connectivity index (χ0n) is 28.2. The molecule has 9 rings (SSSR count). The van der Waals surface area contributed by atoms with Gasteiger partial charge in [-0.2, -0.15) is 0 Å². The van der Waals surface area contributed by atoms with Gasteiger partial charge in [0.2, 0.25) is 0 Å². The molecule has 47 heavy (non-hydrogen) atoms. The minimum atomic E-state index is -0.0322. The van der Waals surface area contributed by atoms with E-state index in [2.05, 4.69) is 62.4 Å². The maximum Gasteiger partial charge on any atom is 0.139 e. The van der Waals surface area contributed by atoms with E-state index in [1.807, 2.05) is 18.2 Å². The first kappa shape index (κ1) is 30.9. The SMILES string of the molecule is C[C@]12CC[C@@H]3c4ccc(O)cc4CC[C@H]3[C@@H]1CCC2=O.C[C@]12CC[C@@H]3c4ccc(OCc5ccccc5)cc4CC[C@H]3[C@@H]1CCC2=O. The number of hydrogen-bond acceptors (Lipinski definition) is 4. The number of carbonyl (C=O) groups excluding carboxylic acids is 2. The quantitative estimate of drug-likeness (QED) is 0.313. The number of ketones is 2. The predicted octanol–water partition coefficient (Wildman–Crippen LogP) is 9.51. The van der Waals surface area contributed by atoms with Gasteiger partial charge >= 0.3 is 0 Å². The van der Waals surface area contributed by atoms with Crippen LogP contribution in [0.4, 0.5) is 0 Å². The minimum absolute atomic E-state index is 0.0304. The Morgan fingerprint density at radius 2 is 1.21 bits per heavy atom. The van der Waals surface area contributed by atoms with Crippen molar-refractivity contribution in [1.82, 2.24) is 0 Å². The van der Waals surface area contributed by atoms with E-state index in [9.17, 15) is 14.7 Å². The van der Waals surface area contributed by atoms with E-state index in [1.54, 1.807) is 0 Å². The van der Waals surface area contributed by atoms with Crippen molar-refractivity contribution in [2.24, 2.45) is 34.5 Å². The van der Waals surface area contributed by atoms with Crippen molar-refractivity contribution in [3.8, 4) is 11.5 Å².